The second-order valence-electron chi connectivity index (χ2n) is 3.91. The zero-order valence-electron chi connectivity index (χ0n) is 9.95. The quantitative estimate of drug-likeness (QED) is 0.776. The maximum absolute atomic E-state index is 11.9. The summed E-state index contributed by atoms with van der Waals surface area (Å²) < 4.78 is 7.20. The molecule has 98 valence electrons. The molecule has 2 aromatic heterocycles. The molecule has 19 heavy (non-hydrogen) atoms. The summed E-state index contributed by atoms with van der Waals surface area (Å²) in [5.41, 5.74) is 6.74. The van der Waals surface area contributed by atoms with E-state index in [4.69, 9.17) is 10.2 Å². The summed E-state index contributed by atoms with van der Waals surface area (Å²) in [5, 5.41) is 4.65. The molecule has 0 atom stereocenters. The predicted octanol–water partition coefficient (Wildman–Crippen LogP) is 1.86. The minimum absolute atomic E-state index is 0. The molecule has 0 fully saturated rings. The SMILES string of the molecule is Cl.NCc1cc(=O)c2cc(-n3cccn3)ccc2o1. The van der Waals surface area contributed by atoms with Crippen LogP contribution in [0.4, 0.5) is 0 Å². The number of fused-ring (bicyclic) bond motifs is 1. The molecule has 0 bridgehead atoms. The van der Waals surface area contributed by atoms with Crippen LogP contribution < -0.4 is 11.2 Å². The lowest BCUT2D eigenvalue weighted by molar-refractivity contribution is 0.539. The van der Waals surface area contributed by atoms with Crippen LogP contribution in [0.15, 0.2) is 51.9 Å². The van der Waals surface area contributed by atoms with Crippen LogP contribution in [0.25, 0.3) is 16.7 Å². The Hall–Kier alpha value is -2.11. The number of rotatable bonds is 2. The Labute approximate surface area is 115 Å². The topological polar surface area (TPSA) is 74.1 Å². The van der Waals surface area contributed by atoms with E-state index in [-0.39, 0.29) is 24.4 Å². The summed E-state index contributed by atoms with van der Waals surface area (Å²) in [6.07, 6.45) is 3.50. The summed E-state index contributed by atoms with van der Waals surface area (Å²) in [6.45, 7) is 0.214. The molecule has 0 amide bonds. The van der Waals surface area contributed by atoms with Gasteiger partial charge in [0.2, 0.25) is 0 Å². The first-order valence-corrected chi connectivity index (χ1v) is 5.55. The third kappa shape index (κ3) is 2.38. The molecule has 0 saturated heterocycles. The van der Waals surface area contributed by atoms with Gasteiger partial charge in [-0.15, -0.1) is 12.4 Å². The maximum Gasteiger partial charge on any atom is 0.193 e. The molecule has 2 N–H and O–H groups in total. The number of benzene rings is 1. The second kappa shape index (κ2) is 5.26. The molecule has 0 radical (unpaired) electrons. The molecule has 3 aromatic rings. The van der Waals surface area contributed by atoms with Gasteiger partial charge in [0.05, 0.1) is 17.6 Å². The van der Waals surface area contributed by atoms with Crippen LogP contribution >= 0.6 is 12.4 Å². The Balaban J connectivity index is 0.00000133. The van der Waals surface area contributed by atoms with Crippen LogP contribution in [-0.2, 0) is 6.54 Å². The van der Waals surface area contributed by atoms with E-state index in [0.717, 1.165) is 5.69 Å². The van der Waals surface area contributed by atoms with Crippen molar-refractivity contribution in [1.29, 1.82) is 0 Å². The van der Waals surface area contributed by atoms with E-state index < -0.39 is 0 Å². The van der Waals surface area contributed by atoms with Gasteiger partial charge >= 0.3 is 0 Å². The van der Waals surface area contributed by atoms with Crippen LogP contribution in [0, 0.1) is 0 Å². The maximum atomic E-state index is 11.9. The lowest BCUT2D eigenvalue weighted by Gasteiger charge is -2.04. The zero-order chi connectivity index (χ0) is 12.5. The highest BCUT2D eigenvalue weighted by Crippen LogP contribution is 2.16. The van der Waals surface area contributed by atoms with Gasteiger partial charge in [-0.25, -0.2) is 4.68 Å². The molecular weight excluding hydrogens is 266 g/mol. The number of nitrogens with zero attached hydrogens (tertiary/aromatic N) is 2. The number of halogens is 1. The van der Waals surface area contributed by atoms with Gasteiger partial charge in [-0.05, 0) is 24.3 Å². The molecule has 1 aromatic carbocycles. The van der Waals surface area contributed by atoms with Gasteiger partial charge in [0, 0.05) is 18.5 Å². The molecule has 0 saturated carbocycles. The predicted molar refractivity (Wildman–Crippen MR) is 74.7 cm³/mol. The molecule has 2 heterocycles. The van der Waals surface area contributed by atoms with Crippen molar-refractivity contribution < 1.29 is 4.42 Å². The lowest BCUT2D eigenvalue weighted by Crippen LogP contribution is -2.06. The average Bonchev–Trinajstić information content (AvgIpc) is 2.92. The van der Waals surface area contributed by atoms with Gasteiger partial charge in [-0.1, -0.05) is 0 Å². The van der Waals surface area contributed by atoms with Crippen molar-refractivity contribution in [2.24, 2.45) is 5.73 Å². The van der Waals surface area contributed by atoms with Gasteiger partial charge in [0.1, 0.15) is 11.3 Å². The van der Waals surface area contributed by atoms with Crippen molar-refractivity contribution >= 4 is 23.4 Å². The standard InChI is InChI=1S/C13H11N3O2.ClH/c14-8-10-7-12(17)11-6-9(2-3-13(11)18-10)16-5-1-4-15-16;/h1-7H,8,14H2;1H. The second-order valence-corrected chi connectivity index (χ2v) is 3.91. The summed E-state index contributed by atoms with van der Waals surface area (Å²) in [5.74, 6) is 0.485. The van der Waals surface area contributed by atoms with Crippen molar-refractivity contribution in [3.05, 3.63) is 58.7 Å². The van der Waals surface area contributed by atoms with Crippen molar-refractivity contribution in [3.63, 3.8) is 0 Å². The molecule has 0 aliphatic heterocycles. The Morgan fingerprint density at radius 2 is 2.16 bits per heavy atom. The Morgan fingerprint density at radius 1 is 1.32 bits per heavy atom. The van der Waals surface area contributed by atoms with Crippen LogP contribution in [0.1, 0.15) is 5.76 Å². The Kier molecular flexibility index (Phi) is 3.69. The van der Waals surface area contributed by atoms with E-state index >= 15 is 0 Å². The Bertz CT molecular complexity index is 750. The minimum Gasteiger partial charge on any atom is -0.459 e. The van der Waals surface area contributed by atoms with Gasteiger partial charge in [0.25, 0.3) is 0 Å². The monoisotopic (exact) mass is 277 g/mol. The molecular formula is C13H12ClN3O2. The highest BCUT2D eigenvalue weighted by atomic mass is 35.5. The Morgan fingerprint density at radius 3 is 2.84 bits per heavy atom. The highest BCUT2D eigenvalue weighted by Gasteiger charge is 2.06. The lowest BCUT2D eigenvalue weighted by atomic mass is 10.2. The first-order valence-electron chi connectivity index (χ1n) is 5.55. The van der Waals surface area contributed by atoms with E-state index in [1.165, 1.54) is 6.07 Å². The fourth-order valence-electron chi connectivity index (χ4n) is 1.86. The van der Waals surface area contributed by atoms with Gasteiger partial charge in [-0.2, -0.15) is 5.10 Å². The molecule has 0 unspecified atom stereocenters. The van der Waals surface area contributed by atoms with Gasteiger partial charge < -0.3 is 10.2 Å². The van der Waals surface area contributed by atoms with Crippen molar-refractivity contribution in [2.45, 2.75) is 6.54 Å². The average molecular weight is 278 g/mol. The number of hydrogen-bond acceptors (Lipinski definition) is 4. The summed E-state index contributed by atoms with van der Waals surface area (Å²) in [4.78, 5) is 11.9. The number of hydrogen-bond donors (Lipinski definition) is 1. The molecule has 6 heteroatoms. The van der Waals surface area contributed by atoms with Gasteiger partial charge in [-0.3, -0.25) is 4.79 Å². The largest absolute Gasteiger partial charge is 0.459 e. The smallest absolute Gasteiger partial charge is 0.193 e. The summed E-state index contributed by atoms with van der Waals surface area (Å²) in [6, 6.07) is 8.61. The molecule has 5 nitrogen and oxygen atoms in total. The highest BCUT2D eigenvalue weighted by molar-refractivity contribution is 5.85. The van der Waals surface area contributed by atoms with E-state index in [1.54, 1.807) is 23.0 Å². The van der Waals surface area contributed by atoms with Crippen molar-refractivity contribution in [3.8, 4) is 5.69 Å². The van der Waals surface area contributed by atoms with E-state index in [9.17, 15) is 4.79 Å². The zero-order valence-corrected chi connectivity index (χ0v) is 10.8. The first kappa shape index (κ1) is 13.3. The first-order chi connectivity index (χ1) is 8.78. The normalized spacial score (nSPS) is 10.4. The van der Waals surface area contributed by atoms with E-state index in [0.29, 0.717) is 16.7 Å². The van der Waals surface area contributed by atoms with E-state index in [2.05, 4.69) is 5.10 Å². The minimum atomic E-state index is -0.0919. The number of aromatic nitrogens is 2. The van der Waals surface area contributed by atoms with Crippen LogP contribution in [0.3, 0.4) is 0 Å². The van der Waals surface area contributed by atoms with Crippen molar-refractivity contribution in [1.82, 2.24) is 9.78 Å². The molecule has 0 aliphatic rings. The third-order valence-electron chi connectivity index (χ3n) is 2.73. The summed E-state index contributed by atoms with van der Waals surface area (Å²) >= 11 is 0. The number of nitrogens with two attached hydrogens (primary N) is 1. The van der Waals surface area contributed by atoms with E-state index in [1.807, 2.05) is 18.3 Å². The molecule has 0 aliphatic carbocycles. The van der Waals surface area contributed by atoms with Gasteiger partial charge in [0.15, 0.2) is 5.43 Å². The van der Waals surface area contributed by atoms with Crippen LogP contribution in [0.5, 0.6) is 0 Å². The molecule has 3 rings (SSSR count). The fourth-order valence-corrected chi connectivity index (χ4v) is 1.86. The summed E-state index contributed by atoms with van der Waals surface area (Å²) in [7, 11) is 0. The molecule has 0 spiro atoms. The third-order valence-corrected chi connectivity index (χ3v) is 2.73. The van der Waals surface area contributed by atoms with Crippen LogP contribution in [-0.4, -0.2) is 9.78 Å². The van der Waals surface area contributed by atoms with Crippen molar-refractivity contribution in [2.75, 3.05) is 0 Å². The fraction of sp³-hybridized carbons (Fsp3) is 0.0769. The van der Waals surface area contributed by atoms with Crippen LogP contribution in [0.2, 0.25) is 0 Å².